The summed E-state index contributed by atoms with van der Waals surface area (Å²) < 4.78 is 2.39. The molecule has 2 nitrogen and oxygen atoms in total. The number of nitrogens with one attached hydrogen (secondary N) is 1. The minimum Gasteiger partial charge on any atom is -0.355 e. The van der Waals surface area contributed by atoms with Gasteiger partial charge in [0.05, 0.1) is 11.0 Å². The zero-order chi connectivity index (χ0) is 28.8. The third-order valence-corrected chi connectivity index (χ3v) is 8.59. The van der Waals surface area contributed by atoms with Crippen LogP contribution >= 0.6 is 0 Å². The van der Waals surface area contributed by atoms with Crippen LogP contribution in [-0.2, 0) is 5.41 Å². The summed E-state index contributed by atoms with van der Waals surface area (Å²) in [6, 6.07) is 39.1. The first-order chi connectivity index (χ1) is 20.5. The molecule has 1 aromatic heterocycles. The third-order valence-electron chi connectivity index (χ3n) is 8.59. The van der Waals surface area contributed by atoms with E-state index in [1.807, 2.05) is 43.4 Å². The number of rotatable bonds is 5. The minimum absolute atomic E-state index is 0.0815. The number of hydrogen-bond acceptors (Lipinski definition) is 1. The van der Waals surface area contributed by atoms with Gasteiger partial charge >= 0.3 is 0 Å². The molecule has 5 aromatic carbocycles. The van der Waals surface area contributed by atoms with E-state index in [9.17, 15) is 0 Å². The zero-order valence-electron chi connectivity index (χ0n) is 24.1. The topological polar surface area (TPSA) is 17.0 Å². The van der Waals surface area contributed by atoms with Crippen molar-refractivity contribution in [2.24, 2.45) is 0 Å². The van der Waals surface area contributed by atoms with Crippen LogP contribution in [-0.4, -0.2) is 4.57 Å². The van der Waals surface area contributed by atoms with E-state index in [4.69, 9.17) is 6.42 Å². The number of terminal acetylenes is 1. The van der Waals surface area contributed by atoms with Gasteiger partial charge in [-0.25, -0.2) is 0 Å². The number of nitrogens with zero attached hydrogens (tertiary/aromatic N) is 1. The molecule has 0 bridgehead atoms. The smallest absolute Gasteiger partial charge is 0.0544 e. The number of allylic oxidation sites excluding steroid dienone is 4. The van der Waals surface area contributed by atoms with Crippen LogP contribution in [0.2, 0.25) is 0 Å². The molecule has 0 atom stereocenters. The van der Waals surface area contributed by atoms with Gasteiger partial charge in [0.1, 0.15) is 0 Å². The van der Waals surface area contributed by atoms with Gasteiger partial charge in [-0.3, -0.25) is 0 Å². The van der Waals surface area contributed by atoms with Crippen LogP contribution < -0.4 is 5.32 Å². The molecular formula is C40H32N2. The first-order valence-corrected chi connectivity index (χ1v) is 14.5. The molecule has 0 saturated carbocycles. The number of hydrogen-bond donors (Lipinski definition) is 1. The van der Waals surface area contributed by atoms with E-state index >= 15 is 0 Å². The van der Waals surface area contributed by atoms with Gasteiger partial charge in [0.25, 0.3) is 0 Å². The molecule has 1 heterocycles. The molecule has 6 aromatic rings. The molecule has 1 aliphatic carbocycles. The van der Waals surface area contributed by atoms with Gasteiger partial charge in [-0.1, -0.05) is 92.6 Å². The van der Waals surface area contributed by atoms with Crippen LogP contribution in [0.15, 0.2) is 127 Å². The van der Waals surface area contributed by atoms with E-state index in [1.54, 1.807) is 0 Å². The summed E-state index contributed by atoms with van der Waals surface area (Å²) in [4.78, 5) is 0. The Bertz CT molecular complexity index is 2100. The predicted molar refractivity (Wildman–Crippen MR) is 180 cm³/mol. The van der Waals surface area contributed by atoms with E-state index in [-0.39, 0.29) is 5.41 Å². The maximum Gasteiger partial charge on any atom is 0.0544 e. The average molecular weight is 541 g/mol. The Balaban J connectivity index is 1.49. The summed E-state index contributed by atoms with van der Waals surface area (Å²) in [5, 5.41) is 6.09. The minimum atomic E-state index is -0.0815. The molecule has 42 heavy (non-hydrogen) atoms. The highest BCUT2D eigenvalue weighted by Gasteiger charge is 2.36. The standard InChI is InChI=1S/C40H32N2/c1-5-7-15-27(6-2)32-24-29(22-23-37(32)41-28-16-9-8-10-17-28)42-38-21-14-12-19-31(38)34-25-33-30-18-11-13-20-35(30)40(3,4)36(33)26-39(34)42/h2,5,7-26,41H,1,3-4H3/b7-5-,27-15+. The lowest BCUT2D eigenvalue weighted by molar-refractivity contribution is 0.661. The molecule has 0 aliphatic heterocycles. The van der Waals surface area contributed by atoms with Gasteiger partial charge in [-0.15, -0.1) is 6.42 Å². The van der Waals surface area contributed by atoms with Gasteiger partial charge in [0.15, 0.2) is 0 Å². The zero-order valence-corrected chi connectivity index (χ0v) is 24.1. The number of anilines is 2. The summed E-state index contributed by atoms with van der Waals surface area (Å²) >= 11 is 0. The Morgan fingerprint density at radius 3 is 2.33 bits per heavy atom. The third kappa shape index (κ3) is 3.98. The highest BCUT2D eigenvalue weighted by atomic mass is 15.0. The Labute approximate surface area is 247 Å². The molecule has 0 spiro atoms. The first kappa shape index (κ1) is 25.7. The van der Waals surface area contributed by atoms with E-state index in [1.165, 1.54) is 44.1 Å². The van der Waals surface area contributed by atoms with Gasteiger partial charge in [-0.05, 0) is 83.8 Å². The first-order valence-electron chi connectivity index (χ1n) is 14.5. The number of para-hydroxylation sites is 2. The molecule has 0 amide bonds. The fourth-order valence-electron chi connectivity index (χ4n) is 6.53. The van der Waals surface area contributed by atoms with Gasteiger partial charge in [-0.2, -0.15) is 0 Å². The summed E-state index contributed by atoms with van der Waals surface area (Å²) in [7, 11) is 0. The summed E-state index contributed by atoms with van der Waals surface area (Å²) in [5.74, 6) is 2.94. The Hall–Kier alpha value is -5.26. The van der Waals surface area contributed by atoms with Gasteiger partial charge in [0.2, 0.25) is 0 Å². The van der Waals surface area contributed by atoms with Crippen molar-refractivity contribution in [1.82, 2.24) is 4.57 Å². The van der Waals surface area contributed by atoms with Crippen LogP contribution in [0, 0.1) is 12.3 Å². The molecular weight excluding hydrogens is 508 g/mol. The largest absolute Gasteiger partial charge is 0.355 e. The molecule has 0 radical (unpaired) electrons. The highest BCUT2D eigenvalue weighted by molar-refractivity contribution is 6.11. The monoisotopic (exact) mass is 540 g/mol. The quantitative estimate of drug-likeness (QED) is 0.170. The van der Waals surface area contributed by atoms with Crippen LogP contribution in [0.5, 0.6) is 0 Å². The summed E-state index contributed by atoms with van der Waals surface area (Å²) in [6.07, 6.45) is 12.1. The van der Waals surface area contributed by atoms with Gasteiger partial charge in [0, 0.05) is 44.4 Å². The van der Waals surface area contributed by atoms with Crippen molar-refractivity contribution in [2.75, 3.05) is 5.32 Å². The van der Waals surface area contributed by atoms with E-state index in [0.29, 0.717) is 0 Å². The SMILES string of the molecule is C#C/C(=C\C=C/C)c1cc(-n2c3ccccc3c3cc4c(cc32)C(C)(C)c2ccccc2-4)ccc1Nc1ccccc1. The molecule has 0 unspecified atom stereocenters. The van der Waals surface area contributed by atoms with E-state index in [2.05, 4.69) is 121 Å². The van der Waals surface area contributed by atoms with Crippen LogP contribution in [0.4, 0.5) is 11.4 Å². The second kappa shape index (κ2) is 9.98. The van der Waals surface area contributed by atoms with Crippen molar-refractivity contribution < 1.29 is 0 Å². The Kier molecular flexibility index (Phi) is 6.10. The molecule has 0 fully saturated rings. The maximum atomic E-state index is 6.10. The predicted octanol–water partition coefficient (Wildman–Crippen LogP) is 10.4. The molecule has 2 heteroatoms. The average Bonchev–Trinajstić information content (AvgIpc) is 3.46. The van der Waals surface area contributed by atoms with Crippen molar-refractivity contribution in [3.8, 4) is 29.2 Å². The lowest BCUT2D eigenvalue weighted by Crippen LogP contribution is -2.15. The molecule has 202 valence electrons. The van der Waals surface area contributed by atoms with E-state index in [0.717, 1.165) is 28.2 Å². The van der Waals surface area contributed by atoms with E-state index < -0.39 is 0 Å². The van der Waals surface area contributed by atoms with Crippen molar-refractivity contribution >= 4 is 38.8 Å². The van der Waals surface area contributed by atoms with Crippen LogP contribution in [0.25, 0.3) is 44.2 Å². The highest BCUT2D eigenvalue weighted by Crippen LogP contribution is 2.51. The Morgan fingerprint density at radius 1 is 0.762 bits per heavy atom. The summed E-state index contributed by atoms with van der Waals surface area (Å²) in [6.45, 7) is 6.67. The number of fused-ring (bicyclic) bond motifs is 6. The maximum absolute atomic E-state index is 6.10. The fraction of sp³-hybridized carbons (Fsp3) is 0.100. The molecule has 1 N–H and O–H groups in total. The lowest BCUT2D eigenvalue weighted by Gasteiger charge is -2.22. The lowest BCUT2D eigenvalue weighted by atomic mass is 9.82. The fourth-order valence-corrected chi connectivity index (χ4v) is 6.53. The number of benzene rings is 5. The van der Waals surface area contributed by atoms with Crippen LogP contribution in [0.1, 0.15) is 37.5 Å². The normalized spacial score (nSPS) is 13.8. The van der Waals surface area contributed by atoms with Crippen molar-refractivity contribution in [2.45, 2.75) is 26.2 Å². The molecule has 7 rings (SSSR count). The molecule has 0 saturated heterocycles. The van der Waals surface area contributed by atoms with Crippen molar-refractivity contribution in [1.29, 1.82) is 0 Å². The van der Waals surface area contributed by atoms with Crippen molar-refractivity contribution in [3.05, 3.63) is 144 Å². The molecule has 1 aliphatic rings. The van der Waals surface area contributed by atoms with Crippen molar-refractivity contribution in [3.63, 3.8) is 0 Å². The Morgan fingerprint density at radius 2 is 1.52 bits per heavy atom. The van der Waals surface area contributed by atoms with Crippen LogP contribution in [0.3, 0.4) is 0 Å². The summed E-state index contributed by atoms with van der Waals surface area (Å²) in [5.41, 5.74) is 12.6. The van der Waals surface area contributed by atoms with Gasteiger partial charge < -0.3 is 9.88 Å². The second-order valence-corrected chi connectivity index (χ2v) is 11.4. The number of aromatic nitrogens is 1. The second-order valence-electron chi connectivity index (χ2n) is 11.4.